The van der Waals surface area contributed by atoms with Crippen molar-refractivity contribution in [2.24, 2.45) is 5.92 Å². The Morgan fingerprint density at radius 2 is 1.92 bits per heavy atom. The molecule has 2 aromatic carbocycles. The van der Waals surface area contributed by atoms with E-state index in [0.29, 0.717) is 9.90 Å². The second-order valence-corrected chi connectivity index (χ2v) is 12.9. The largest absolute Gasteiger partial charge is 0.374 e. The van der Waals surface area contributed by atoms with Gasteiger partial charge >= 0.3 is 0 Å². The molecule has 12 heteroatoms. The number of thiophene rings is 1. The number of benzene rings is 2. The van der Waals surface area contributed by atoms with Crippen molar-refractivity contribution in [3.63, 3.8) is 0 Å². The molecule has 1 aliphatic heterocycles. The molecule has 2 heterocycles. The summed E-state index contributed by atoms with van der Waals surface area (Å²) >= 11 is 13.4. The maximum atomic E-state index is 13.1. The van der Waals surface area contributed by atoms with Gasteiger partial charge in [0.2, 0.25) is 15.9 Å². The van der Waals surface area contributed by atoms with Gasteiger partial charge in [-0.05, 0) is 41.6 Å². The van der Waals surface area contributed by atoms with Crippen LogP contribution in [-0.2, 0) is 19.6 Å². The topological polar surface area (TPSA) is 105 Å². The van der Waals surface area contributed by atoms with E-state index < -0.39 is 22.2 Å². The Morgan fingerprint density at radius 1 is 1.16 bits per heavy atom. The predicted molar refractivity (Wildman–Crippen MR) is 146 cm³/mol. The van der Waals surface area contributed by atoms with Crippen LogP contribution in [0, 0.1) is 5.92 Å². The number of carbonyl (C=O) groups excluding carboxylic acids is 2. The lowest BCUT2D eigenvalue weighted by Gasteiger charge is -2.33. The summed E-state index contributed by atoms with van der Waals surface area (Å²) in [6.07, 6.45) is -0.565. The second-order valence-electron chi connectivity index (χ2n) is 9.02. The number of sulfonamides is 1. The summed E-state index contributed by atoms with van der Waals surface area (Å²) in [5.41, 5.74) is 0. The molecule has 1 unspecified atom stereocenters. The molecule has 8 nitrogen and oxygen atoms in total. The summed E-state index contributed by atoms with van der Waals surface area (Å²) in [6, 6.07) is 13.0. The van der Waals surface area contributed by atoms with Crippen molar-refractivity contribution in [2.45, 2.75) is 30.9 Å². The average Bonchev–Trinajstić information content (AvgIpc) is 3.30. The minimum atomic E-state index is -3.87. The number of hydrogen-bond acceptors (Lipinski definition) is 6. The lowest BCUT2D eigenvalue weighted by Crippen LogP contribution is -2.53. The first-order valence-electron chi connectivity index (χ1n) is 11.7. The number of rotatable bonds is 8. The van der Waals surface area contributed by atoms with Crippen molar-refractivity contribution < 1.29 is 22.7 Å². The second kappa shape index (κ2) is 11.7. The smallest absolute Gasteiger partial charge is 0.262 e. The van der Waals surface area contributed by atoms with Gasteiger partial charge in [-0.1, -0.05) is 55.2 Å². The molecule has 0 aliphatic carbocycles. The molecule has 2 atom stereocenters. The van der Waals surface area contributed by atoms with Gasteiger partial charge in [0.1, 0.15) is 10.9 Å². The zero-order valence-corrected chi connectivity index (χ0v) is 23.4. The molecule has 1 fully saturated rings. The van der Waals surface area contributed by atoms with Gasteiger partial charge in [0.25, 0.3) is 5.91 Å². The van der Waals surface area contributed by atoms with Crippen LogP contribution in [-0.4, -0.2) is 62.9 Å². The number of morpholine rings is 1. The van der Waals surface area contributed by atoms with E-state index in [4.69, 9.17) is 27.9 Å². The summed E-state index contributed by atoms with van der Waals surface area (Å²) in [5, 5.41) is 6.99. The average molecular weight is 585 g/mol. The third-order valence-corrected chi connectivity index (χ3v) is 9.70. The monoisotopic (exact) mass is 583 g/mol. The Bertz CT molecular complexity index is 1380. The fourth-order valence-electron chi connectivity index (χ4n) is 4.02. The molecule has 1 aliphatic rings. The van der Waals surface area contributed by atoms with Crippen molar-refractivity contribution in [3.8, 4) is 0 Å². The van der Waals surface area contributed by atoms with E-state index in [1.807, 2.05) is 44.2 Å². The summed E-state index contributed by atoms with van der Waals surface area (Å²) < 4.78 is 34.2. The van der Waals surface area contributed by atoms with Gasteiger partial charge in [-0.25, -0.2) is 8.42 Å². The fourth-order valence-corrected chi connectivity index (χ4v) is 7.19. The van der Waals surface area contributed by atoms with E-state index in [1.54, 1.807) is 0 Å². The first kappa shape index (κ1) is 27.8. The Hall–Kier alpha value is -2.21. The van der Waals surface area contributed by atoms with Crippen molar-refractivity contribution in [1.82, 2.24) is 14.9 Å². The van der Waals surface area contributed by atoms with Crippen molar-refractivity contribution in [1.29, 1.82) is 0 Å². The highest BCUT2D eigenvalue weighted by molar-refractivity contribution is 7.89. The van der Waals surface area contributed by atoms with Crippen molar-refractivity contribution >= 4 is 66.5 Å². The maximum Gasteiger partial charge on any atom is 0.262 e. The highest BCUT2D eigenvalue weighted by Gasteiger charge is 2.33. The minimum Gasteiger partial charge on any atom is -0.374 e. The molecule has 37 heavy (non-hydrogen) atoms. The molecule has 4 rings (SSSR count). The summed E-state index contributed by atoms with van der Waals surface area (Å²) in [5.74, 6) is -0.857. The number of ether oxygens (including phenoxy) is 1. The van der Waals surface area contributed by atoms with Crippen molar-refractivity contribution in [2.75, 3.05) is 26.2 Å². The van der Waals surface area contributed by atoms with Gasteiger partial charge in [-0.3, -0.25) is 9.59 Å². The summed E-state index contributed by atoms with van der Waals surface area (Å²) in [4.78, 5) is 26.4. The van der Waals surface area contributed by atoms with Gasteiger partial charge < -0.3 is 15.4 Å². The van der Waals surface area contributed by atoms with Crippen molar-refractivity contribution in [3.05, 3.63) is 63.5 Å². The molecule has 3 aromatic rings. The van der Waals surface area contributed by atoms with Crippen LogP contribution >= 0.6 is 34.5 Å². The molecule has 2 amide bonds. The molecule has 0 radical (unpaired) electrons. The summed E-state index contributed by atoms with van der Waals surface area (Å²) in [6.45, 7) is 4.14. The Labute approximate surface area is 229 Å². The molecular formula is C25H27Cl2N3O5S2. The zero-order valence-electron chi connectivity index (χ0n) is 20.2. The minimum absolute atomic E-state index is 0.0351. The van der Waals surface area contributed by atoms with Crippen LogP contribution in [0.4, 0.5) is 0 Å². The summed E-state index contributed by atoms with van der Waals surface area (Å²) in [7, 11) is -3.87. The Morgan fingerprint density at radius 3 is 2.62 bits per heavy atom. The normalized spacial score (nSPS) is 17.6. The van der Waals surface area contributed by atoms with Gasteiger partial charge in [-0.15, -0.1) is 11.3 Å². The fraction of sp³-hybridized carbons (Fsp3) is 0.360. The Balaban J connectivity index is 1.37. The number of fused-ring (bicyclic) bond motifs is 1. The molecule has 2 N–H and O–H groups in total. The number of nitrogens with zero attached hydrogens (tertiary/aromatic N) is 1. The van der Waals surface area contributed by atoms with Crippen LogP contribution < -0.4 is 10.6 Å². The third kappa shape index (κ3) is 6.45. The number of carbonyl (C=O) groups is 2. The van der Waals surface area contributed by atoms with E-state index >= 15 is 0 Å². The van der Waals surface area contributed by atoms with E-state index in [1.165, 1.54) is 33.8 Å². The maximum absolute atomic E-state index is 13.1. The van der Waals surface area contributed by atoms with Gasteiger partial charge in [0.05, 0.1) is 22.6 Å². The number of amides is 2. The molecule has 0 saturated carbocycles. The van der Waals surface area contributed by atoms with Crippen LogP contribution in [0.1, 0.15) is 23.5 Å². The quantitative estimate of drug-likeness (QED) is 0.414. The van der Waals surface area contributed by atoms with Crippen LogP contribution in [0.3, 0.4) is 0 Å². The molecule has 1 saturated heterocycles. The SMILES string of the molecule is CC(C)[C@H](NC(=O)c1cc2ccccc2s1)C(=O)NCC1CN(S(=O)(=O)c2ccc(Cl)cc2Cl)CCO1. The van der Waals surface area contributed by atoms with E-state index in [2.05, 4.69) is 10.6 Å². The van der Waals surface area contributed by atoms with Crippen LogP contribution in [0.25, 0.3) is 10.1 Å². The number of hydrogen-bond donors (Lipinski definition) is 2. The molecule has 1 aromatic heterocycles. The van der Waals surface area contributed by atoms with Gasteiger partial charge in [0, 0.05) is 29.4 Å². The van der Waals surface area contributed by atoms with Gasteiger partial charge in [0.15, 0.2) is 0 Å². The number of halogens is 2. The molecule has 0 bridgehead atoms. The standard InChI is InChI=1S/C25H27Cl2N3O5S2/c1-15(2)23(29-24(31)21-11-16-5-3-4-6-20(16)36-21)25(32)28-13-18-14-30(9-10-35-18)37(33,34)22-8-7-17(26)12-19(22)27/h3-8,11-12,15,18,23H,9-10,13-14H2,1-2H3,(H,28,32)(H,29,31)/t18?,23-/m0/s1. The van der Waals surface area contributed by atoms with E-state index in [9.17, 15) is 18.0 Å². The lowest BCUT2D eigenvalue weighted by atomic mass is 10.0. The predicted octanol–water partition coefficient (Wildman–Crippen LogP) is 4.17. The zero-order chi connectivity index (χ0) is 26.7. The molecular weight excluding hydrogens is 557 g/mol. The highest BCUT2D eigenvalue weighted by atomic mass is 35.5. The van der Waals surface area contributed by atoms with Crippen LogP contribution in [0.5, 0.6) is 0 Å². The lowest BCUT2D eigenvalue weighted by molar-refractivity contribution is -0.124. The van der Waals surface area contributed by atoms with Gasteiger partial charge in [-0.2, -0.15) is 4.31 Å². The molecule has 198 valence electrons. The first-order chi connectivity index (χ1) is 17.6. The Kier molecular flexibility index (Phi) is 8.77. The molecule has 0 spiro atoms. The highest BCUT2D eigenvalue weighted by Crippen LogP contribution is 2.29. The first-order valence-corrected chi connectivity index (χ1v) is 14.7. The van der Waals surface area contributed by atoms with E-state index in [0.717, 1.165) is 10.1 Å². The van der Waals surface area contributed by atoms with Crippen LogP contribution in [0.2, 0.25) is 10.0 Å². The van der Waals surface area contributed by atoms with Crippen LogP contribution in [0.15, 0.2) is 53.4 Å². The third-order valence-electron chi connectivity index (χ3n) is 6.00. The van der Waals surface area contributed by atoms with E-state index in [-0.39, 0.29) is 53.9 Å². The number of nitrogens with one attached hydrogen (secondary N) is 2.